The van der Waals surface area contributed by atoms with Crippen LogP contribution in [0.5, 0.6) is 0 Å². The lowest BCUT2D eigenvalue weighted by Gasteiger charge is -2.10. The molecule has 0 spiro atoms. The predicted molar refractivity (Wildman–Crippen MR) is 218 cm³/mol. The van der Waals surface area contributed by atoms with Gasteiger partial charge in [-0.1, -0.05) is 156 Å². The zero-order valence-corrected chi connectivity index (χ0v) is 33.4. The Kier molecular flexibility index (Phi) is 22.3. The van der Waals surface area contributed by atoms with Crippen molar-refractivity contribution in [2.75, 3.05) is 0 Å². The van der Waals surface area contributed by atoms with Gasteiger partial charge in [-0.15, -0.1) is 0 Å². The summed E-state index contributed by atoms with van der Waals surface area (Å²) >= 11 is 0. The van der Waals surface area contributed by atoms with E-state index in [2.05, 4.69) is 156 Å². The van der Waals surface area contributed by atoms with Crippen molar-refractivity contribution in [3.63, 3.8) is 0 Å². The second-order valence-electron chi connectivity index (χ2n) is 12.7. The molecule has 0 aliphatic carbocycles. The third-order valence-corrected chi connectivity index (χ3v) is 9.60. The van der Waals surface area contributed by atoms with Gasteiger partial charge in [0.25, 0.3) is 0 Å². The van der Waals surface area contributed by atoms with Crippen molar-refractivity contribution in [1.82, 2.24) is 0 Å². The zero-order chi connectivity index (χ0) is 35.9. The minimum Gasteiger partial charge on any atom is -0.0617 e. The van der Waals surface area contributed by atoms with Gasteiger partial charge >= 0.3 is 0 Å². The molecule has 0 aliphatic rings. The Balaban J connectivity index is 0.000000320. The molecule has 0 heteroatoms. The Morgan fingerprint density at radius 2 is 0.562 bits per heavy atom. The second-order valence-corrected chi connectivity index (χ2v) is 12.7. The summed E-state index contributed by atoms with van der Waals surface area (Å²) in [7, 11) is 0. The van der Waals surface area contributed by atoms with E-state index in [1.165, 1.54) is 67.6 Å². The van der Waals surface area contributed by atoms with Gasteiger partial charge < -0.3 is 0 Å². The summed E-state index contributed by atoms with van der Waals surface area (Å²) in [5.74, 6) is 0. The summed E-state index contributed by atoms with van der Waals surface area (Å²) in [6.45, 7) is 26.7. The van der Waals surface area contributed by atoms with Gasteiger partial charge in [-0.25, -0.2) is 0 Å². The summed E-state index contributed by atoms with van der Waals surface area (Å²) < 4.78 is 0. The fraction of sp³-hybridized carbons (Fsp3) is 0.500. The molecular formula is C48H72. The molecule has 0 radical (unpaired) electrons. The molecule has 4 aromatic rings. The van der Waals surface area contributed by atoms with Crippen LogP contribution in [0.2, 0.25) is 0 Å². The van der Waals surface area contributed by atoms with E-state index in [0.29, 0.717) is 0 Å². The van der Waals surface area contributed by atoms with E-state index in [-0.39, 0.29) is 0 Å². The van der Waals surface area contributed by atoms with Crippen LogP contribution in [0.3, 0.4) is 0 Å². The molecule has 0 saturated heterocycles. The van der Waals surface area contributed by atoms with E-state index in [9.17, 15) is 0 Å². The molecule has 0 aliphatic heterocycles. The molecule has 4 rings (SSSR count). The van der Waals surface area contributed by atoms with E-state index >= 15 is 0 Å². The van der Waals surface area contributed by atoms with Crippen LogP contribution in [-0.2, 0) is 77.0 Å². The lowest BCUT2D eigenvalue weighted by molar-refractivity contribution is 0.981. The third kappa shape index (κ3) is 14.6. The second kappa shape index (κ2) is 24.9. The highest BCUT2D eigenvalue weighted by Crippen LogP contribution is 2.17. The van der Waals surface area contributed by atoms with Crippen molar-refractivity contribution in [2.45, 2.75) is 160 Å². The summed E-state index contributed by atoms with van der Waals surface area (Å²) in [5.41, 5.74) is 18.0. The quantitative estimate of drug-likeness (QED) is 0.143. The first-order chi connectivity index (χ1) is 23.2. The van der Waals surface area contributed by atoms with Crippen LogP contribution in [-0.4, -0.2) is 0 Å². The van der Waals surface area contributed by atoms with Crippen molar-refractivity contribution in [3.05, 3.63) is 140 Å². The van der Waals surface area contributed by atoms with Crippen LogP contribution < -0.4 is 0 Å². The minimum atomic E-state index is 1.15. The maximum atomic E-state index is 2.35. The van der Waals surface area contributed by atoms with Gasteiger partial charge in [0.2, 0.25) is 0 Å². The van der Waals surface area contributed by atoms with E-state index < -0.39 is 0 Å². The lowest BCUT2D eigenvalue weighted by atomic mass is 9.96. The normalized spacial score (nSPS) is 10.2. The molecule has 0 bridgehead atoms. The van der Waals surface area contributed by atoms with Crippen molar-refractivity contribution < 1.29 is 0 Å². The van der Waals surface area contributed by atoms with E-state index in [1.54, 1.807) is 5.56 Å². The average molecular weight is 649 g/mol. The first kappa shape index (κ1) is 42.9. The highest BCUT2D eigenvalue weighted by atomic mass is 14.1. The van der Waals surface area contributed by atoms with Gasteiger partial charge in [0, 0.05) is 0 Å². The molecule has 0 fully saturated rings. The maximum absolute atomic E-state index is 2.35. The molecule has 0 nitrogen and oxygen atoms in total. The molecule has 0 unspecified atom stereocenters. The Morgan fingerprint density at radius 1 is 0.250 bits per heavy atom. The van der Waals surface area contributed by atoms with Crippen LogP contribution in [0, 0.1) is 0 Å². The van der Waals surface area contributed by atoms with E-state index in [4.69, 9.17) is 0 Å². The molecule has 0 aromatic heterocycles. The molecule has 0 amide bonds. The van der Waals surface area contributed by atoms with Gasteiger partial charge in [-0.2, -0.15) is 0 Å². The van der Waals surface area contributed by atoms with Gasteiger partial charge in [0.05, 0.1) is 0 Å². The van der Waals surface area contributed by atoms with Crippen LogP contribution in [0.15, 0.2) is 72.8 Å². The molecule has 4 aromatic carbocycles. The molecular weight excluding hydrogens is 577 g/mol. The smallest absolute Gasteiger partial charge is 0.0302 e. The van der Waals surface area contributed by atoms with E-state index in [1.807, 2.05) is 0 Å². The molecule has 48 heavy (non-hydrogen) atoms. The predicted octanol–water partition coefficient (Wildman–Crippen LogP) is 13.5. The number of rotatable bonds is 12. The van der Waals surface area contributed by atoms with Gasteiger partial charge in [-0.3, -0.25) is 0 Å². The van der Waals surface area contributed by atoms with Crippen molar-refractivity contribution in [2.24, 2.45) is 0 Å². The number of aryl methyl sites for hydroxylation is 11. The molecule has 0 heterocycles. The maximum Gasteiger partial charge on any atom is -0.0302 e. The largest absolute Gasteiger partial charge is 0.0617 e. The third-order valence-electron chi connectivity index (χ3n) is 9.60. The fourth-order valence-corrected chi connectivity index (χ4v) is 6.28. The van der Waals surface area contributed by atoms with Crippen LogP contribution in [0.25, 0.3) is 0 Å². The van der Waals surface area contributed by atoms with Crippen LogP contribution in [0.4, 0.5) is 0 Å². The van der Waals surface area contributed by atoms with Crippen molar-refractivity contribution >= 4 is 0 Å². The zero-order valence-electron chi connectivity index (χ0n) is 33.4. The van der Waals surface area contributed by atoms with Crippen molar-refractivity contribution in [1.29, 1.82) is 0 Å². The number of hydrogen-bond donors (Lipinski definition) is 0. The van der Waals surface area contributed by atoms with Crippen molar-refractivity contribution in [3.8, 4) is 0 Å². The van der Waals surface area contributed by atoms with Gasteiger partial charge in [0.15, 0.2) is 0 Å². The molecule has 0 saturated carbocycles. The van der Waals surface area contributed by atoms with Crippen LogP contribution >= 0.6 is 0 Å². The van der Waals surface area contributed by atoms with Gasteiger partial charge in [0.1, 0.15) is 0 Å². The monoisotopic (exact) mass is 649 g/mol. The Bertz CT molecular complexity index is 1250. The van der Waals surface area contributed by atoms with Crippen LogP contribution in [0.1, 0.15) is 150 Å². The van der Waals surface area contributed by atoms with E-state index in [0.717, 1.165) is 70.6 Å². The average Bonchev–Trinajstić information content (AvgIpc) is 3.16. The molecule has 0 atom stereocenters. The minimum absolute atomic E-state index is 1.15. The summed E-state index contributed by atoms with van der Waals surface area (Å²) in [5, 5.41) is 0. The Hall–Kier alpha value is -3.12. The summed E-state index contributed by atoms with van der Waals surface area (Å²) in [4.78, 5) is 0. The number of benzene rings is 4. The fourth-order valence-electron chi connectivity index (χ4n) is 6.28. The highest BCUT2D eigenvalue weighted by Gasteiger charge is 2.03. The molecule has 0 N–H and O–H groups in total. The Labute approximate surface area is 298 Å². The SMILES string of the molecule is CCc1cc(CC)cc(CC)c1.CCc1cc(CC)cc(CC)c1.CCc1ccc(CC)c(CC)c1.CCc1cccc(CC)c1CC. The topological polar surface area (TPSA) is 0 Å². The summed E-state index contributed by atoms with van der Waals surface area (Å²) in [6.07, 6.45) is 13.9. The van der Waals surface area contributed by atoms with Gasteiger partial charge in [-0.05, 0) is 144 Å². The first-order valence-electron chi connectivity index (χ1n) is 19.7. The summed E-state index contributed by atoms with van der Waals surface area (Å²) in [6, 6.07) is 27.5. The number of hydrogen-bond acceptors (Lipinski definition) is 0. The Morgan fingerprint density at radius 3 is 0.812 bits per heavy atom. The highest BCUT2D eigenvalue weighted by molar-refractivity contribution is 5.36. The lowest BCUT2D eigenvalue weighted by Crippen LogP contribution is -1.96. The standard InChI is InChI=1S/4C12H18/c2*1-4-10-7-11(5-2)9-12(6-3)8-10;1-4-10-7-8-11(5-2)12(6-3)9-10;1-4-10-8-7-9-11(5-2)12(10)6-3/h4*7-9H,4-6H2,1-3H3. The first-order valence-corrected chi connectivity index (χ1v) is 19.7. The molecule has 264 valence electrons.